The number of hydrogen-bond donors (Lipinski definition) is 1. The Balaban J connectivity index is 2.63. The van der Waals surface area contributed by atoms with Crippen LogP contribution < -0.4 is 10.2 Å². The topological polar surface area (TPSA) is 84.9 Å². The van der Waals surface area contributed by atoms with Gasteiger partial charge in [-0.2, -0.15) is 0 Å². The first-order valence-electron chi connectivity index (χ1n) is 8.89. The number of nitrogens with zero attached hydrogens (tertiary/aromatic N) is 1. The summed E-state index contributed by atoms with van der Waals surface area (Å²) in [6, 6.07) is 6.82. The molecule has 1 aromatic carbocycles. The van der Waals surface area contributed by atoms with Gasteiger partial charge in [-0.25, -0.2) is 9.59 Å². The van der Waals surface area contributed by atoms with Crippen LogP contribution >= 0.6 is 0 Å². The van der Waals surface area contributed by atoms with Crippen molar-refractivity contribution in [2.75, 3.05) is 19.1 Å². The molecule has 1 atom stereocenters. The largest absolute Gasteiger partial charge is 0.465 e. The van der Waals surface area contributed by atoms with Gasteiger partial charge >= 0.3 is 11.9 Å². The lowest BCUT2D eigenvalue weighted by atomic mass is 10.1. The molecule has 0 fully saturated rings. The van der Waals surface area contributed by atoms with Crippen LogP contribution in [-0.4, -0.2) is 38.1 Å². The van der Waals surface area contributed by atoms with Gasteiger partial charge in [0.05, 0.1) is 31.0 Å². The molecule has 0 aromatic heterocycles. The predicted octanol–water partition coefficient (Wildman–Crippen LogP) is 2.70. The lowest BCUT2D eigenvalue weighted by Gasteiger charge is -2.25. The van der Waals surface area contributed by atoms with Gasteiger partial charge in [0.1, 0.15) is 5.70 Å². The van der Waals surface area contributed by atoms with Gasteiger partial charge in [-0.1, -0.05) is 25.1 Å². The summed E-state index contributed by atoms with van der Waals surface area (Å²) in [5.41, 5.74) is 0.782. The van der Waals surface area contributed by atoms with E-state index >= 15 is 0 Å². The lowest BCUT2D eigenvalue weighted by Crippen LogP contribution is -2.34. The van der Waals surface area contributed by atoms with Crippen LogP contribution in [0.15, 0.2) is 60.0 Å². The number of anilines is 1. The Morgan fingerprint density at radius 2 is 1.75 bits per heavy atom. The van der Waals surface area contributed by atoms with E-state index in [-0.39, 0.29) is 23.2 Å². The zero-order chi connectivity index (χ0) is 20.7. The van der Waals surface area contributed by atoms with E-state index in [0.717, 1.165) is 6.42 Å². The van der Waals surface area contributed by atoms with Crippen LogP contribution in [0.25, 0.3) is 0 Å². The van der Waals surface area contributed by atoms with Crippen molar-refractivity contribution in [3.05, 3.63) is 65.5 Å². The Kier molecular flexibility index (Phi) is 7.14. The first-order valence-corrected chi connectivity index (χ1v) is 8.89. The summed E-state index contributed by atoms with van der Waals surface area (Å²) in [5, 5.41) is 2.91. The van der Waals surface area contributed by atoms with Crippen molar-refractivity contribution in [3.63, 3.8) is 0 Å². The first-order chi connectivity index (χ1) is 13.4. The highest BCUT2D eigenvalue weighted by atomic mass is 16.5. The van der Waals surface area contributed by atoms with E-state index in [1.807, 2.05) is 13.8 Å². The van der Waals surface area contributed by atoms with E-state index in [9.17, 15) is 14.4 Å². The number of esters is 2. The van der Waals surface area contributed by atoms with Crippen LogP contribution in [0, 0.1) is 0 Å². The number of para-hydroxylation sites is 1. The van der Waals surface area contributed by atoms with Crippen molar-refractivity contribution in [1.82, 2.24) is 5.32 Å². The number of carbonyl (C=O) groups is 3. The van der Waals surface area contributed by atoms with Crippen LogP contribution in [-0.2, 0) is 19.1 Å². The molecular weight excluding hydrogens is 360 g/mol. The maximum Gasteiger partial charge on any atom is 0.355 e. The molecule has 28 heavy (non-hydrogen) atoms. The average molecular weight is 384 g/mol. The van der Waals surface area contributed by atoms with Gasteiger partial charge in [-0.05, 0) is 37.6 Å². The van der Waals surface area contributed by atoms with Crippen molar-refractivity contribution in [1.29, 1.82) is 0 Å². The smallest absolute Gasteiger partial charge is 0.355 e. The number of nitrogens with one attached hydrogen (secondary N) is 1. The second-order valence-corrected chi connectivity index (χ2v) is 6.12. The normalized spacial score (nSPS) is 14.4. The van der Waals surface area contributed by atoms with Gasteiger partial charge in [0, 0.05) is 12.2 Å². The van der Waals surface area contributed by atoms with Gasteiger partial charge < -0.3 is 19.7 Å². The van der Waals surface area contributed by atoms with Crippen molar-refractivity contribution in [3.8, 4) is 0 Å². The van der Waals surface area contributed by atoms with Gasteiger partial charge in [-0.3, -0.25) is 4.79 Å². The van der Waals surface area contributed by atoms with Gasteiger partial charge in [0.2, 0.25) is 0 Å². The summed E-state index contributed by atoms with van der Waals surface area (Å²) in [5.74, 6) is -1.69. The second-order valence-electron chi connectivity index (χ2n) is 6.12. The van der Waals surface area contributed by atoms with Crippen LogP contribution in [0.3, 0.4) is 0 Å². The molecule has 2 rings (SSSR count). The Morgan fingerprint density at radius 3 is 2.39 bits per heavy atom. The molecule has 1 aromatic rings. The molecule has 1 unspecified atom stereocenters. The summed E-state index contributed by atoms with van der Waals surface area (Å²) in [6.45, 7) is 3.88. The molecule has 7 nitrogen and oxygen atoms in total. The zero-order valence-electron chi connectivity index (χ0n) is 16.4. The minimum Gasteiger partial charge on any atom is -0.465 e. The highest BCUT2D eigenvalue weighted by Crippen LogP contribution is 2.29. The summed E-state index contributed by atoms with van der Waals surface area (Å²) >= 11 is 0. The van der Waals surface area contributed by atoms with Crippen LogP contribution in [0.1, 0.15) is 30.6 Å². The fourth-order valence-electron chi connectivity index (χ4n) is 2.63. The third-order valence-electron chi connectivity index (χ3n) is 4.29. The van der Waals surface area contributed by atoms with E-state index in [2.05, 4.69) is 5.32 Å². The van der Waals surface area contributed by atoms with Crippen LogP contribution in [0.4, 0.5) is 5.69 Å². The minimum atomic E-state index is -0.728. The molecule has 0 saturated heterocycles. The van der Waals surface area contributed by atoms with E-state index in [0.29, 0.717) is 11.3 Å². The third kappa shape index (κ3) is 4.49. The fraction of sp³-hybridized carbons (Fsp3) is 0.286. The Morgan fingerprint density at radius 1 is 1.07 bits per heavy atom. The summed E-state index contributed by atoms with van der Waals surface area (Å²) in [4.78, 5) is 39.0. The molecule has 1 heterocycles. The SMILES string of the molecule is CCC(C)NC(=O)c1ccccc1N1C=CC=CC(C(=O)OC)=C1C(=O)OC. The fourth-order valence-corrected chi connectivity index (χ4v) is 2.63. The number of carbonyl (C=O) groups excluding carboxylic acids is 3. The first kappa shape index (κ1) is 21.0. The number of ether oxygens (including phenoxy) is 2. The molecule has 0 spiro atoms. The summed E-state index contributed by atoms with van der Waals surface area (Å²) in [6.07, 6.45) is 7.10. The average Bonchev–Trinajstić information content (AvgIpc) is 2.95. The highest BCUT2D eigenvalue weighted by Gasteiger charge is 2.29. The second kappa shape index (κ2) is 9.55. The Hall–Kier alpha value is -3.35. The molecule has 0 bridgehead atoms. The van der Waals surface area contributed by atoms with Crippen molar-refractivity contribution in [2.24, 2.45) is 0 Å². The molecule has 0 radical (unpaired) electrons. The van der Waals surface area contributed by atoms with Crippen LogP contribution in [0.5, 0.6) is 0 Å². The van der Waals surface area contributed by atoms with E-state index in [1.165, 1.54) is 25.2 Å². The quantitative estimate of drug-likeness (QED) is 0.759. The molecule has 1 N–H and O–H groups in total. The predicted molar refractivity (Wildman–Crippen MR) is 105 cm³/mol. The van der Waals surface area contributed by atoms with E-state index in [4.69, 9.17) is 9.47 Å². The molecule has 1 aliphatic heterocycles. The van der Waals surface area contributed by atoms with Crippen molar-refractivity contribution in [2.45, 2.75) is 26.3 Å². The molecule has 1 aliphatic rings. The lowest BCUT2D eigenvalue weighted by molar-refractivity contribution is -0.139. The number of amides is 1. The number of benzene rings is 1. The van der Waals surface area contributed by atoms with Gasteiger partial charge in [0.25, 0.3) is 5.91 Å². The van der Waals surface area contributed by atoms with Crippen molar-refractivity contribution < 1.29 is 23.9 Å². The zero-order valence-corrected chi connectivity index (χ0v) is 16.4. The molecule has 148 valence electrons. The molecule has 0 saturated carbocycles. The number of rotatable bonds is 6. The Labute approximate surface area is 164 Å². The summed E-state index contributed by atoms with van der Waals surface area (Å²) in [7, 11) is 2.45. The van der Waals surface area contributed by atoms with Gasteiger partial charge in [0.15, 0.2) is 0 Å². The van der Waals surface area contributed by atoms with E-state index < -0.39 is 11.9 Å². The highest BCUT2D eigenvalue weighted by molar-refractivity contribution is 6.07. The molecular formula is C21H24N2O5. The summed E-state index contributed by atoms with van der Waals surface area (Å²) < 4.78 is 9.70. The molecule has 7 heteroatoms. The standard InChI is InChI=1S/C21H24N2O5/c1-5-14(2)22-19(24)15-10-6-7-12-17(15)23-13-9-8-11-16(20(25)27-3)18(23)21(26)28-4/h6-14H,5H2,1-4H3,(H,22,24). The van der Waals surface area contributed by atoms with E-state index in [1.54, 1.807) is 42.6 Å². The maximum atomic E-state index is 12.8. The minimum absolute atomic E-state index is 0.0110. The molecule has 0 aliphatic carbocycles. The number of methoxy groups -OCH3 is 2. The molecule has 1 amide bonds. The number of allylic oxidation sites excluding steroid dienone is 2. The van der Waals surface area contributed by atoms with Gasteiger partial charge in [-0.15, -0.1) is 0 Å². The monoisotopic (exact) mass is 384 g/mol. The Bertz CT molecular complexity index is 854. The van der Waals surface area contributed by atoms with Crippen LogP contribution in [0.2, 0.25) is 0 Å². The number of hydrogen-bond acceptors (Lipinski definition) is 6. The third-order valence-corrected chi connectivity index (χ3v) is 4.29. The van der Waals surface area contributed by atoms with Crippen molar-refractivity contribution >= 4 is 23.5 Å². The maximum absolute atomic E-state index is 12.8.